The predicted octanol–water partition coefficient (Wildman–Crippen LogP) is 4.05. The molecule has 0 unspecified atom stereocenters. The second kappa shape index (κ2) is 6.05. The first-order valence-corrected chi connectivity index (χ1v) is 7.02. The maximum Gasteiger partial charge on any atom is 0.178 e. The monoisotopic (exact) mass is 285 g/mol. The molecule has 4 heteroatoms. The number of benzene rings is 1. The van der Waals surface area contributed by atoms with Gasteiger partial charge in [0.2, 0.25) is 0 Å². The van der Waals surface area contributed by atoms with Crippen LogP contribution in [0.1, 0.15) is 36.0 Å². The maximum atomic E-state index is 12.2. The van der Waals surface area contributed by atoms with Gasteiger partial charge >= 0.3 is 0 Å². The van der Waals surface area contributed by atoms with Crippen molar-refractivity contribution in [3.63, 3.8) is 0 Å². The van der Waals surface area contributed by atoms with Gasteiger partial charge in [-0.2, -0.15) is 0 Å². The summed E-state index contributed by atoms with van der Waals surface area (Å²) in [5, 5.41) is 1.02. The molecule has 0 aromatic heterocycles. The number of Topliss-reactive ketones (excluding diaryl/α,β-unsaturated/α-hetero) is 1. The van der Waals surface area contributed by atoms with E-state index in [0.717, 1.165) is 0 Å². The Bertz CT molecular complexity index is 441. The number of rotatable bonds is 4. The zero-order chi connectivity index (χ0) is 13.1. The topological polar surface area (TPSA) is 20.3 Å². The molecule has 1 fully saturated rings. The summed E-state index contributed by atoms with van der Waals surface area (Å²) >= 11 is 11.9. The number of carbonyl (C=O) groups is 1. The fourth-order valence-electron chi connectivity index (χ4n) is 2.50. The van der Waals surface area contributed by atoms with Gasteiger partial charge in [-0.25, -0.2) is 0 Å². The minimum atomic E-state index is 0.0388. The number of hydrogen-bond donors (Lipinski definition) is 0. The standard InChI is InChI=1S/C14H17Cl2NO/c1-17(11-4-2-3-5-11)9-14(18)12-8-10(15)6-7-13(12)16/h6-8,11H,2-5,9H2,1H3. The predicted molar refractivity (Wildman–Crippen MR) is 75.7 cm³/mol. The summed E-state index contributed by atoms with van der Waals surface area (Å²) in [6.45, 7) is 0.407. The van der Waals surface area contributed by atoms with Crippen molar-refractivity contribution in [3.05, 3.63) is 33.8 Å². The van der Waals surface area contributed by atoms with Crippen molar-refractivity contribution in [2.75, 3.05) is 13.6 Å². The maximum absolute atomic E-state index is 12.2. The lowest BCUT2D eigenvalue weighted by Crippen LogP contribution is -2.34. The van der Waals surface area contributed by atoms with Crippen molar-refractivity contribution < 1.29 is 4.79 Å². The van der Waals surface area contributed by atoms with E-state index in [-0.39, 0.29) is 5.78 Å². The van der Waals surface area contributed by atoms with Crippen LogP contribution in [-0.4, -0.2) is 30.3 Å². The molecule has 1 aromatic rings. The fourth-order valence-corrected chi connectivity index (χ4v) is 2.89. The van der Waals surface area contributed by atoms with E-state index >= 15 is 0 Å². The van der Waals surface area contributed by atoms with Gasteiger partial charge in [0.25, 0.3) is 0 Å². The smallest absolute Gasteiger partial charge is 0.178 e. The molecule has 0 heterocycles. The van der Waals surface area contributed by atoms with Crippen LogP contribution in [0.5, 0.6) is 0 Å². The van der Waals surface area contributed by atoms with E-state index in [0.29, 0.717) is 28.2 Å². The first-order chi connectivity index (χ1) is 8.58. The Morgan fingerprint density at radius 3 is 2.67 bits per heavy atom. The Hall–Kier alpha value is -0.570. The first-order valence-electron chi connectivity index (χ1n) is 6.26. The third kappa shape index (κ3) is 3.25. The molecule has 1 aliphatic rings. The summed E-state index contributed by atoms with van der Waals surface area (Å²) in [5.41, 5.74) is 0.522. The van der Waals surface area contributed by atoms with Gasteiger partial charge in [-0.05, 0) is 38.1 Å². The largest absolute Gasteiger partial charge is 0.296 e. The average molecular weight is 286 g/mol. The van der Waals surface area contributed by atoms with E-state index in [1.54, 1.807) is 18.2 Å². The van der Waals surface area contributed by atoms with Crippen molar-refractivity contribution in [2.24, 2.45) is 0 Å². The minimum absolute atomic E-state index is 0.0388. The summed E-state index contributed by atoms with van der Waals surface area (Å²) in [7, 11) is 2.01. The zero-order valence-corrected chi connectivity index (χ0v) is 12.0. The highest BCUT2D eigenvalue weighted by molar-refractivity contribution is 6.36. The van der Waals surface area contributed by atoms with Crippen LogP contribution in [0.3, 0.4) is 0 Å². The van der Waals surface area contributed by atoms with E-state index in [1.807, 2.05) is 7.05 Å². The minimum Gasteiger partial charge on any atom is -0.296 e. The van der Waals surface area contributed by atoms with Crippen LogP contribution in [0.15, 0.2) is 18.2 Å². The van der Waals surface area contributed by atoms with E-state index < -0.39 is 0 Å². The van der Waals surface area contributed by atoms with Crippen LogP contribution in [0.25, 0.3) is 0 Å². The van der Waals surface area contributed by atoms with E-state index in [1.165, 1.54) is 25.7 Å². The van der Waals surface area contributed by atoms with Crippen molar-refractivity contribution in [3.8, 4) is 0 Å². The highest BCUT2D eigenvalue weighted by Gasteiger charge is 2.22. The molecule has 1 aromatic carbocycles. The molecule has 0 radical (unpaired) electrons. The second-order valence-electron chi connectivity index (χ2n) is 4.90. The Labute approximate surface area is 118 Å². The van der Waals surface area contributed by atoms with Gasteiger partial charge in [0.1, 0.15) is 0 Å². The molecule has 98 valence electrons. The molecule has 1 aliphatic carbocycles. The number of carbonyl (C=O) groups excluding carboxylic acids is 1. The molecule has 0 aliphatic heterocycles. The second-order valence-corrected chi connectivity index (χ2v) is 5.74. The van der Waals surface area contributed by atoms with Crippen molar-refractivity contribution in [1.29, 1.82) is 0 Å². The van der Waals surface area contributed by atoms with Crippen LogP contribution in [0, 0.1) is 0 Å². The van der Waals surface area contributed by atoms with E-state index in [2.05, 4.69) is 4.90 Å². The Morgan fingerprint density at radius 1 is 1.33 bits per heavy atom. The van der Waals surface area contributed by atoms with Crippen LogP contribution in [0.2, 0.25) is 10.0 Å². The third-order valence-corrected chi connectivity index (χ3v) is 4.13. The van der Waals surface area contributed by atoms with Crippen molar-refractivity contribution >= 4 is 29.0 Å². The molecule has 0 saturated heterocycles. The molecule has 0 spiro atoms. The van der Waals surface area contributed by atoms with Gasteiger partial charge < -0.3 is 0 Å². The van der Waals surface area contributed by atoms with Gasteiger partial charge in [0.05, 0.1) is 11.6 Å². The summed E-state index contributed by atoms with van der Waals surface area (Å²) in [6, 6.07) is 5.55. The van der Waals surface area contributed by atoms with E-state index in [9.17, 15) is 4.79 Å². The third-order valence-electron chi connectivity index (χ3n) is 3.57. The molecule has 2 rings (SSSR count). The lowest BCUT2D eigenvalue weighted by Gasteiger charge is -2.23. The van der Waals surface area contributed by atoms with E-state index in [4.69, 9.17) is 23.2 Å². The molecular weight excluding hydrogens is 269 g/mol. The number of hydrogen-bond acceptors (Lipinski definition) is 2. The Kier molecular flexibility index (Phi) is 4.66. The lowest BCUT2D eigenvalue weighted by atomic mass is 10.1. The fraction of sp³-hybridized carbons (Fsp3) is 0.500. The van der Waals surface area contributed by atoms with Crippen molar-refractivity contribution in [1.82, 2.24) is 4.90 Å². The summed E-state index contributed by atoms with van der Waals surface area (Å²) in [6.07, 6.45) is 4.91. The normalized spacial score (nSPS) is 16.4. The number of halogens is 2. The highest BCUT2D eigenvalue weighted by Crippen LogP contribution is 2.24. The van der Waals surface area contributed by atoms with Crippen LogP contribution in [0.4, 0.5) is 0 Å². The summed E-state index contributed by atoms with van der Waals surface area (Å²) in [5.74, 6) is 0.0388. The number of likely N-dealkylation sites (N-methyl/N-ethyl adjacent to an activating group) is 1. The summed E-state index contributed by atoms with van der Waals surface area (Å²) < 4.78 is 0. The molecule has 0 amide bonds. The van der Waals surface area contributed by atoms with Gasteiger partial charge in [-0.1, -0.05) is 36.0 Å². The first kappa shape index (κ1) is 13.9. The summed E-state index contributed by atoms with van der Waals surface area (Å²) in [4.78, 5) is 14.3. The lowest BCUT2D eigenvalue weighted by molar-refractivity contribution is 0.0921. The van der Waals surface area contributed by atoms with Gasteiger partial charge in [-0.15, -0.1) is 0 Å². The SMILES string of the molecule is CN(CC(=O)c1cc(Cl)ccc1Cl)C1CCCC1. The Balaban J connectivity index is 2.04. The van der Waals surface area contributed by atoms with Crippen LogP contribution < -0.4 is 0 Å². The molecular formula is C14H17Cl2NO. The molecule has 0 bridgehead atoms. The molecule has 1 saturated carbocycles. The van der Waals surface area contributed by atoms with Gasteiger partial charge in [0.15, 0.2) is 5.78 Å². The van der Waals surface area contributed by atoms with Crippen molar-refractivity contribution in [2.45, 2.75) is 31.7 Å². The number of ketones is 1. The van der Waals surface area contributed by atoms with Gasteiger partial charge in [0, 0.05) is 16.6 Å². The van der Waals surface area contributed by atoms with Crippen LogP contribution in [-0.2, 0) is 0 Å². The average Bonchev–Trinajstić information content (AvgIpc) is 2.85. The molecule has 0 atom stereocenters. The Morgan fingerprint density at radius 2 is 2.00 bits per heavy atom. The quantitative estimate of drug-likeness (QED) is 0.778. The van der Waals surface area contributed by atoms with Crippen LogP contribution >= 0.6 is 23.2 Å². The molecule has 18 heavy (non-hydrogen) atoms. The zero-order valence-electron chi connectivity index (χ0n) is 10.5. The highest BCUT2D eigenvalue weighted by atomic mass is 35.5. The van der Waals surface area contributed by atoms with Gasteiger partial charge in [-0.3, -0.25) is 9.69 Å². The number of nitrogens with zero attached hydrogens (tertiary/aromatic N) is 1. The molecule has 0 N–H and O–H groups in total. The molecule has 2 nitrogen and oxygen atoms in total.